The van der Waals surface area contributed by atoms with Crippen molar-refractivity contribution in [3.8, 4) is 11.5 Å². The lowest BCUT2D eigenvalue weighted by atomic mass is 9.85. The van der Waals surface area contributed by atoms with Crippen LogP contribution in [-0.4, -0.2) is 28.5 Å². The van der Waals surface area contributed by atoms with Gasteiger partial charge in [-0.05, 0) is 43.2 Å². The highest BCUT2D eigenvalue weighted by Crippen LogP contribution is 2.33. The van der Waals surface area contributed by atoms with E-state index in [2.05, 4.69) is 10.0 Å². The number of anilines is 2. The van der Waals surface area contributed by atoms with Gasteiger partial charge < -0.3 is 14.8 Å². The van der Waals surface area contributed by atoms with Crippen LogP contribution in [0.1, 0.15) is 19.3 Å². The first kappa shape index (κ1) is 19.0. The molecule has 0 spiro atoms. The zero-order chi connectivity index (χ0) is 19.4. The number of nitrogens with one attached hydrogen (secondary N) is 2. The summed E-state index contributed by atoms with van der Waals surface area (Å²) < 4.78 is 38.5. The summed E-state index contributed by atoms with van der Waals surface area (Å²) in [5, 5.41) is 2.78. The Morgan fingerprint density at radius 1 is 1.00 bits per heavy atom. The molecule has 1 amide bonds. The van der Waals surface area contributed by atoms with Crippen LogP contribution in [0.2, 0.25) is 0 Å². The van der Waals surface area contributed by atoms with Crippen molar-refractivity contribution in [1.82, 2.24) is 0 Å². The third-order valence-electron chi connectivity index (χ3n) is 4.57. The molecule has 0 aromatic heterocycles. The molecule has 1 fully saturated rings. The van der Waals surface area contributed by atoms with E-state index in [4.69, 9.17) is 9.47 Å². The maximum atomic E-state index is 12.8. The zero-order valence-corrected chi connectivity index (χ0v) is 16.0. The van der Waals surface area contributed by atoms with Gasteiger partial charge in [0.15, 0.2) is 0 Å². The fraction of sp³-hybridized carbons (Fsp3) is 0.316. The predicted octanol–water partition coefficient (Wildman–Crippen LogP) is 3.24. The first-order valence-corrected chi connectivity index (χ1v) is 10.1. The van der Waals surface area contributed by atoms with Crippen molar-refractivity contribution in [2.45, 2.75) is 24.2 Å². The molecule has 0 unspecified atom stereocenters. The molecule has 8 heteroatoms. The van der Waals surface area contributed by atoms with Crippen molar-refractivity contribution < 1.29 is 22.7 Å². The van der Waals surface area contributed by atoms with Crippen molar-refractivity contribution in [1.29, 1.82) is 0 Å². The van der Waals surface area contributed by atoms with Gasteiger partial charge in [0.05, 0.1) is 30.5 Å². The SMILES string of the molecule is COc1ccc(S(=O)(=O)Nc2ccccc2OC)cc1NC(=O)C1CCC1. The van der Waals surface area contributed by atoms with Crippen molar-refractivity contribution >= 4 is 27.3 Å². The minimum atomic E-state index is -3.88. The van der Waals surface area contributed by atoms with Crippen LogP contribution in [0.4, 0.5) is 11.4 Å². The number of rotatable bonds is 7. The average Bonchev–Trinajstić information content (AvgIpc) is 2.60. The molecule has 0 bridgehead atoms. The number of hydrogen-bond acceptors (Lipinski definition) is 5. The van der Waals surface area contributed by atoms with Gasteiger partial charge in [0.1, 0.15) is 11.5 Å². The maximum Gasteiger partial charge on any atom is 0.262 e. The highest BCUT2D eigenvalue weighted by atomic mass is 32.2. The summed E-state index contributed by atoms with van der Waals surface area (Å²) in [6, 6.07) is 11.1. The highest BCUT2D eigenvalue weighted by molar-refractivity contribution is 7.92. The Hall–Kier alpha value is -2.74. The zero-order valence-electron chi connectivity index (χ0n) is 15.2. The maximum absolute atomic E-state index is 12.8. The summed E-state index contributed by atoms with van der Waals surface area (Å²) in [4.78, 5) is 12.3. The Labute approximate surface area is 158 Å². The summed E-state index contributed by atoms with van der Waals surface area (Å²) in [5.74, 6) is 0.667. The lowest BCUT2D eigenvalue weighted by molar-refractivity contribution is -0.122. The molecule has 1 aliphatic rings. The van der Waals surface area contributed by atoms with E-state index in [9.17, 15) is 13.2 Å². The third kappa shape index (κ3) is 4.16. The first-order chi connectivity index (χ1) is 12.9. The number of ether oxygens (including phenoxy) is 2. The van der Waals surface area contributed by atoms with Crippen LogP contribution in [0.3, 0.4) is 0 Å². The normalized spacial score (nSPS) is 14.1. The Bertz CT molecular complexity index is 939. The summed E-state index contributed by atoms with van der Waals surface area (Å²) in [7, 11) is -0.943. The fourth-order valence-electron chi connectivity index (χ4n) is 2.79. The van der Waals surface area contributed by atoms with Gasteiger partial charge in [-0.25, -0.2) is 8.42 Å². The summed E-state index contributed by atoms with van der Waals surface area (Å²) >= 11 is 0. The van der Waals surface area contributed by atoms with E-state index in [1.165, 1.54) is 32.4 Å². The minimum absolute atomic E-state index is 0.0121. The number of carbonyl (C=O) groups excluding carboxylic acids is 1. The smallest absolute Gasteiger partial charge is 0.262 e. The lowest BCUT2D eigenvalue weighted by Gasteiger charge is -2.24. The van der Waals surface area contributed by atoms with Gasteiger partial charge in [0, 0.05) is 5.92 Å². The van der Waals surface area contributed by atoms with E-state index in [-0.39, 0.29) is 16.7 Å². The second kappa shape index (κ2) is 7.87. The Balaban J connectivity index is 1.88. The minimum Gasteiger partial charge on any atom is -0.495 e. The number of para-hydroxylation sites is 2. The summed E-state index contributed by atoms with van der Waals surface area (Å²) in [6.45, 7) is 0. The van der Waals surface area contributed by atoms with E-state index in [1.807, 2.05) is 0 Å². The molecule has 0 radical (unpaired) electrons. The quantitative estimate of drug-likeness (QED) is 0.757. The molecule has 7 nitrogen and oxygen atoms in total. The Morgan fingerprint density at radius 2 is 1.67 bits per heavy atom. The van der Waals surface area contributed by atoms with E-state index in [1.54, 1.807) is 24.3 Å². The van der Waals surface area contributed by atoms with Gasteiger partial charge in [-0.2, -0.15) is 0 Å². The topological polar surface area (TPSA) is 93.7 Å². The molecule has 0 heterocycles. The first-order valence-electron chi connectivity index (χ1n) is 8.59. The molecule has 1 aliphatic carbocycles. The van der Waals surface area contributed by atoms with Crippen LogP contribution in [0, 0.1) is 5.92 Å². The van der Waals surface area contributed by atoms with Gasteiger partial charge in [-0.15, -0.1) is 0 Å². The van der Waals surface area contributed by atoms with E-state index in [0.29, 0.717) is 22.9 Å². The van der Waals surface area contributed by atoms with Crippen LogP contribution in [0.25, 0.3) is 0 Å². The fourth-order valence-corrected chi connectivity index (χ4v) is 3.89. The van der Waals surface area contributed by atoms with Crippen molar-refractivity contribution in [2.24, 2.45) is 5.92 Å². The van der Waals surface area contributed by atoms with E-state index in [0.717, 1.165) is 19.3 Å². The molecule has 2 N–H and O–H groups in total. The van der Waals surface area contributed by atoms with Crippen LogP contribution in [-0.2, 0) is 14.8 Å². The number of hydrogen-bond donors (Lipinski definition) is 2. The Kier molecular flexibility index (Phi) is 5.55. The average molecular weight is 390 g/mol. The van der Waals surface area contributed by atoms with Gasteiger partial charge >= 0.3 is 0 Å². The van der Waals surface area contributed by atoms with Gasteiger partial charge in [-0.1, -0.05) is 18.6 Å². The number of amides is 1. The third-order valence-corrected chi connectivity index (χ3v) is 5.93. The predicted molar refractivity (Wildman–Crippen MR) is 103 cm³/mol. The number of sulfonamides is 1. The van der Waals surface area contributed by atoms with Crippen LogP contribution in [0.15, 0.2) is 47.4 Å². The Morgan fingerprint density at radius 3 is 2.30 bits per heavy atom. The summed E-state index contributed by atoms with van der Waals surface area (Å²) in [5.41, 5.74) is 0.660. The van der Waals surface area contributed by atoms with Crippen LogP contribution < -0.4 is 19.5 Å². The molecule has 1 saturated carbocycles. The molecular weight excluding hydrogens is 368 g/mol. The number of benzene rings is 2. The molecule has 0 atom stereocenters. The monoisotopic (exact) mass is 390 g/mol. The van der Waals surface area contributed by atoms with Gasteiger partial charge in [0.25, 0.3) is 10.0 Å². The molecule has 0 aliphatic heterocycles. The standard InChI is InChI=1S/C19H22N2O5S/c1-25-17-9-4-3-8-15(17)21-27(23,24)14-10-11-18(26-2)16(12-14)20-19(22)13-6-5-7-13/h3-4,8-13,21H,5-7H2,1-2H3,(H,20,22). The van der Waals surface area contributed by atoms with Crippen molar-refractivity contribution in [2.75, 3.05) is 24.3 Å². The molecule has 2 aromatic rings. The van der Waals surface area contributed by atoms with Crippen molar-refractivity contribution in [3.63, 3.8) is 0 Å². The molecular formula is C19H22N2O5S. The second-order valence-corrected chi connectivity index (χ2v) is 7.97. The summed E-state index contributed by atoms with van der Waals surface area (Å²) in [6.07, 6.45) is 2.73. The molecule has 27 heavy (non-hydrogen) atoms. The second-order valence-electron chi connectivity index (χ2n) is 6.28. The number of methoxy groups -OCH3 is 2. The van der Waals surface area contributed by atoms with Gasteiger partial charge in [0.2, 0.25) is 5.91 Å². The molecule has 144 valence electrons. The molecule has 3 rings (SSSR count). The largest absolute Gasteiger partial charge is 0.495 e. The molecule has 2 aromatic carbocycles. The van der Waals surface area contributed by atoms with Crippen molar-refractivity contribution in [3.05, 3.63) is 42.5 Å². The van der Waals surface area contributed by atoms with Crippen LogP contribution in [0.5, 0.6) is 11.5 Å². The highest BCUT2D eigenvalue weighted by Gasteiger charge is 2.26. The number of carbonyl (C=O) groups is 1. The van der Waals surface area contributed by atoms with Crippen LogP contribution >= 0.6 is 0 Å². The van der Waals surface area contributed by atoms with Gasteiger partial charge in [-0.3, -0.25) is 9.52 Å². The van der Waals surface area contributed by atoms with E-state index >= 15 is 0 Å². The van der Waals surface area contributed by atoms with E-state index < -0.39 is 10.0 Å². The molecule has 0 saturated heterocycles. The lowest BCUT2D eigenvalue weighted by Crippen LogP contribution is -2.28.